The van der Waals surface area contributed by atoms with Crippen molar-refractivity contribution in [3.8, 4) is 0 Å². The zero-order valence-corrected chi connectivity index (χ0v) is 12.8. The molecule has 0 aliphatic carbocycles. The minimum Gasteiger partial charge on any atom is -0.440 e. The summed E-state index contributed by atoms with van der Waals surface area (Å²) in [5.41, 5.74) is 7.67. The molecule has 4 nitrogen and oxygen atoms in total. The van der Waals surface area contributed by atoms with Crippen LogP contribution in [0.4, 0.5) is 5.69 Å². The Hall–Kier alpha value is -1.66. The fraction of sp³-hybridized carbons (Fsp3) is 0.0714. The maximum Gasteiger partial charge on any atom is 0.208 e. The lowest BCUT2D eigenvalue weighted by atomic mass is 10.3. The van der Waals surface area contributed by atoms with Crippen LogP contribution >= 0.6 is 15.9 Å². The average molecular weight is 351 g/mol. The molecule has 0 amide bonds. The number of oxazole rings is 1. The van der Waals surface area contributed by atoms with E-state index in [0.717, 1.165) is 9.37 Å². The first kappa shape index (κ1) is 13.3. The van der Waals surface area contributed by atoms with Gasteiger partial charge in [-0.2, -0.15) is 0 Å². The third-order valence-corrected chi connectivity index (χ3v) is 4.62. The number of fused-ring (bicyclic) bond motifs is 1. The summed E-state index contributed by atoms with van der Waals surface area (Å²) >= 11 is 3.35. The van der Waals surface area contributed by atoms with Crippen LogP contribution in [-0.4, -0.2) is 9.19 Å². The Morgan fingerprint density at radius 3 is 2.70 bits per heavy atom. The Morgan fingerprint density at radius 1 is 1.20 bits per heavy atom. The Morgan fingerprint density at radius 2 is 1.95 bits per heavy atom. The molecule has 0 aliphatic rings. The molecule has 2 N–H and O–H groups in total. The molecule has 6 heteroatoms. The van der Waals surface area contributed by atoms with Crippen molar-refractivity contribution in [1.29, 1.82) is 0 Å². The number of aromatic nitrogens is 1. The zero-order valence-electron chi connectivity index (χ0n) is 10.4. The molecule has 102 valence electrons. The van der Waals surface area contributed by atoms with Crippen LogP contribution in [0.15, 0.2) is 56.2 Å². The highest BCUT2D eigenvalue weighted by molar-refractivity contribution is 9.10. The van der Waals surface area contributed by atoms with Gasteiger partial charge in [0.05, 0.1) is 10.8 Å². The number of anilines is 1. The van der Waals surface area contributed by atoms with Crippen LogP contribution in [-0.2, 0) is 16.6 Å². The third-order valence-electron chi connectivity index (χ3n) is 2.79. The van der Waals surface area contributed by atoms with E-state index in [1.165, 1.54) is 0 Å². The minimum atomic E-state index is -1.18. The number of hydrogen-bond acceptors (Lipinski definition) is 4. The van der Waals surface area contributed by atoms with Gasteiger partial charge in [0.1, 0.15) is 11.3 Å². The second-order valence-electron chi connectivity index (χ2n) is 4.28. The molecule has 0 bridgehead atoms. The number of halogens is 1. The van der Waals surface area contributed by atoms with Crippen LogP contribution < -0.4 is 5.73 Å². The Labute approximate surface area is 126 Å². The summed E-state index contributed by atoms with van der Waals surface area (Å²) in [6.07, 6.45) is 0. The van der Waals surface area contributed by atoms with Crippen LogP contribution in [0, 0.1) is 0 Å². The summed E-state index contributed by atoms with van der Waals surface area (Å²) < 4.78 is 18.8. The highest BCUT2D eigenvalue weighted by Gasteiger charge is 2.11. The van der Waals surface area contributed by atoms with Crippen LogP contribution in [0.3, 0.4) is 0 Å². The molecular weight excluding hydrogens is 340 g/mol. The smallest absolute Gasteiger partial charge is 0.208 e. The van der Waals surface area contributed by atoms with Gasteiger partial charge in [-0.1, -0.05) is 15.9 Å². The third kappa shape index (κ3) is 2.76. The Kier molecular flexibility index (Phi) is 3.58. The lowest BCUT2D eigenvalue weighted by Gasteiger charge is -1.99. The highest BCUT2D eigenvalue weighted by Crippen LogP contribution is 2.21. The van der Waals surface area contributed by atoms with Crippen LogP contribution in [0.2, 0.25) is 0 Å². The fourth-order valence-electron chi connectivity index (χ4n) is 1.84. The van der Waals surface area contributed by atoms with Crippen LogP contribution in [0.25, 0.3) is 11.1 Å². The quantitative estimate of drug-likeness (QED) is 0.734. The Balaban J connectivity index is 1.85. The monoisotopic (exact) mass is 350 g/mol. The van der Waals surface area contributed by atoms with Crippen molar-refractivity contribution in [2.75, 3.05) is 5.73 Å². The molecule has 0 saturated carbocycles. The maximum absolute atomic E-state index is 12.2. The van der Waals surface area contributed by atoms with Crippen molar-refractivity contribution in [3.05, 3.63) is 52.8 Å². The molecule has 1 aromatic heterocycles. The molecule has 0 saturated heterocycles. The first-order valence-electron chi connectivity index (χ1n) is 5.91. The van der Waals surface area contributed by atoms with Gasteiger partial charge in [-0.05, 0) is 42.5 Å². The molecule has 1 heterocycles. The number of benzene rings is 2. The van der Waals surface area contributed by atoms with Crippen molar-refractivity contribution >= 4 is 43.5 Å². The van der Waals surface area contributed by atoms with E-state index in [9.17, 15) is 4.21 Å². The SMILES string of the molecule is Nc1ccc2oc(CS(=O)c3ccc(Br)cc3)nc2c1. The van der Waals surface area contributed by atoms with Gasteiger partial charge < -0.3 is 10.2 Å². The molecule has 2 aromatic carbocycles. The van der Waals surface area contributed by atoms with E-state index < -0.39 is 10.8 Å². The zero-order chi connectivity index (χ0) is 14.1. The van der Waals surface area contributed by atoms with E-state index >= 15 is 0 Å². The number of rotatable bonds is 3. The van der Waals surface area contributed by atoms with Gasteiger partial charge in [0.25, 0.3) is 0 Å². The molecule has 0 spiro atoms. The first-order chi connectivity index (χ1) is 9.61. The van der Waals surface area contributed by atoms with Crippen molar-refractivity contribution in [2.24, 2.45) is 0 Å². The summed E-state index contributed by atoms with van der Waals surface area (Å²) in [5, 5.41) is 0. The number of nitrogens with two attached hydrogens (primary N) is 1. The summed E-state index contributed by atoms with van der Waals surface area (Å²) in [4.78, 5) is 5.05. The lowest BCUT2D eigenvalue weighted by molar-refractivity contribution is 0.552. The maximum atomic E-state index is 12.2. The minimum absolute atomic E-state index is 0.246. The predicted molar refractivity (Wildman–Crippen MR) is 82.7 cm³/mol. The van der Waals surface area contributed by atoms with E-state index in [4.69, 9.17) is 10.2 Å². The average Bonchev–Trinajstić information content (AvgIpc) is 2.80. The van der Waals surface area contributed by atoms with Crippen molar-refractivity contribution in [3.63, 3.8) is 0 Å². The van der Waals surface area contributed by atoms with E-state index in [-0.39, 0.29) is 5.75 Å². The fourth-order valence-corrected chi connectivity index (χ4v) is 3.05. The molecule has 1 unspecified atom stereocenters. The first-order valence-corrected chi connectivity index (χ1v) is 8.02. The van der Waals surface area contributed by atoms with Crippen molar-refractivity contribution in [2.45, 2.75) is 10.6 Å². The topological polar surface area (TPSA) is 69.1 Å². The summed E-state index contributed by atoms with van der Waals surface area (Å²) in [5.74, 6) is 0.697. The van der Waals surface area contributed by atoms with Crippen LogP contribution in [0.1, 0.15) is 5.89 Å². The molecular formula is C14H11BrN2O2S. The second kappa shape index (κ2) is 5.38. The number of nitrogens with zero attached hydrogens (tertiary/aromatic N) is 1. The van der Waals surface area contributed by atoms with Gasteiger partial charge in [0.15, 0.2) is 5.58 Å². The van der Waals surface area contributed by atoms with Gasteiger partial charge in [-0.3, -0.25) is 4.21 Å². The molecule has 0 aliphatic heterocycles. The predicted octanol–water partition coefficient (Wildman–Crippen LogP) is 3.48. The number of hydrogen-bond donors (Lipinski definition) is 1. The van der Waals surface area contributed by atoms with Gasteiger partial charge in [0, 0.05) is 15.1 Å². The second-order valence-corrected chi connectivity index (χ2v) is 6.65. The van der Waals surface area contributed by atoms with Crippen LogP contribution in [0.5, 0.6) is 0 Å². The van der Waals surface area contributed by atoms with Gasteiger partial charge in [-0.15, -0.1) is 0 Å². The normalized spacial score (nSPS) is 12.7. The Bertz CT molecular complexity index is 783. The van der Waals surface area contributed by atoms with Gasteiger partial charge in [-0.25, -0.2) is 4.98 Å². The van der Waals surface area contributed by atoms with E-state index in [2.05, 4.69) is 20.9 Å². The number of nitrogen functional groups attached to an aromatic ring is 1. The molecule has 3 aromatic rings. The molecule has 3 rings (SSSR count). The van der Waals surface area contributed by atoms with Gasteiger partial charge in [0.2, 0.25) is 5.89 Å². The van der Waals surface area contributed by atoms with Crippen molar-refractivity contribution < 1.29 is 8.63 Å². The highest BCUT2D eigenvalue weighted by atomic mass is 79.9. The standard InChI is InChI=1S/C14H11BrN2O2S/c15-9-1-4-11(5-2-9)20(18)8-14-17-12-7-10(16)3-6-13(12)19-14/h1-7H,8,16H2. The summed E-state index contributed by atoms with van der Waals surface area (Å²) in [6, 6.07) is 12.6. The van der Waals surface area contributed by atoms with E-state index in [0.29, 0.717) is 22.7 Å². The summed E-state index contributed by atoms with van der Waals surface area (Å²) in [6.45, 7) is 0. The molecule has 1 atom stereocenters. The lowest BCUT2D eigenvalue weighted by Crippen LogP contribution is -1.96. The molecule has 0 fully saturated rings. The van der Waals surface area contributed by atoms with Crippen molar-refractivity contribution in [1.82, 2.24) is 4.98 Å². The molecule has 0 radical (unpaired) electrons. The van der Waals surface area contributed by atoms with Gasteiger partial charge >= 0.3 is 0 Å². The molecule has 20 heavy (non-hydrogen) atoms. The van der Waals surface area contributed by atoms with E-state index in [1.807, 2.05) is 24.3 Å². The van der Waals surface area contributed by atoms with E-state index in [1.54, 1.807) is 18.2 Å². The largest absolute Gasteiger partial charge is 0.440 e. The summed E-state index contributed by atoms with van der Waals surface area (Å²) in [7, 11) is -1.18.